The van der Waals surface area contributed by atoms with Crippen molar-refractivity contribution in [3.8, 4) is 0 Å². The first-order chi connectivity index (χ1) is 16.7. The molecule has 0 saturated carbocycles. The van der Waals surface area contributed by atoms with Crippen LogP contribution in [0.5, 0.6) is 0 Å². The minimum atomic E-state index is -1.86. The molecular formula is C25H48O10. The Hall–Kier alpha value is -1.40. The van der Waals surface area contributed by atoms with Crippen LogP contribution in [-0.2, 0) is 14.3 Å². The first-order valence-electron chi connectivity index (χ1n) is 12.7. The molecule has 35 heavy (non-hydrogen) atoms. The molecule has 0 aromatic heterocycles. The number of unbranched alkanes of at least 4 members (excludes halogenated alkanes) is 11. The first kappa shape index (κ1) is 35.8. The Morgan fingerprint density at radius 2 is 1.29 bits per heavy atom. The summed E-state index contributed by atoms with van der Waals surface area (Å²) in [6.07, 6.45) is 12.4. The van der Waals surface area contributed by atoms with Crippen LogP contribution in [0.3, 0.4) is 0 Å². The molecule has 0 aromatic rings. The third-order valence-corrected chi connectivity index (χ3v) is 5.25. The summed E-state index contributed by atoms with van der Waals surface area (Å²) in [5.41, 5.74) is 0. The zero-order chi connectivity index (χ0) is 26.9. The molecule has 208 valence electrons. The molecule has 4 atom stereocenters. The summed E-state index contributed by atoms with van der Waals surface area (Å²) in [6.45, 7) is 0.0149. The van der Waals surface area contributed by atoms with Crippen molar-refractivity contribution in [1.82, 2.24) is 0 Å². The highest BCUT2D eigenvalue weighted by Gasteiger charge is 2.28. The summed E-state index contributed by atoms with van der Waals surface area (Å²) in [6, 6.07) is 0. The highest BCUT2D eigenvalue weighted by atomic mass is 16.5. The van der Waals surface area contributed by atoms with Gasteiger partial charge in [-0.2, -0.15) is 0 Å². The van der Waals surface area contributed by atoms with Crippen LogP contribution in [-0.4, -0.2) is 98.3 Å². The van der Waals surface area contributed by atoms with Gasteiger partial charge in [0.25, 0.3) is 0 Å². The van der Waals surface area contributed by atoms with E-state index in [0.717, 1.165) is 12.8 Å². The molecule has 1 unspecified atom stereocenters. The molecule has 0 saturated heterocycles. The normalized spacial score (nSPS) is 14.6. The van der Waals surface area contributed by atoms with E-state index in [2.05, 4.69) is 6.92 Å². The van der Waals surface area contributed by atoms with E-state index in [4.69, 9.17) is 40.5 Å². The van der Waals surface area contributed by atoms with Crippen LogP contribution in [0.25, 0.3) is 0 Å². The van der Waals surface area contributed by atoms with Crippen molar-refractivity contribution in [1.29, 1.82) is 0 Å². The Morgan fingerprint density at radius 3 is 1.74 bits per heavy atom. The van der Waals surface area contributed by atoms with Crippen molar-refractivity contribution < 1.29 is 50.1 Å². The SMILES string of the molecule is CCCCCCCCCCCCC/C=C/C(=O)OCC(O)CO.O=C(CO)[C@@H](O)[C@H](O)[C@H](O)CO. The summed E-state index contributed by atoms with van der Waals surface area (Å²) >= 11 is 0. The van der Waals surface area contributed by atoms with E-state index in [-0.39, 0.29) is 6.61 Å². The second kappa shape index (κ2) is 25.7. The minimum absolute atomic E-state index is 0.155. The maximum atomic E-state index is 11.3. The molecule has 7 N–H and O–H groups in total. The first-order valence-corrected chi connectivity index (χ1v) is 12.7. The van der Waals surface area contributed by atoms with Crippen LogP contribution in [0.2, 0.25) is 0 Å². The van der Waals surface area contributed by atoms with Crippen molar-refractivity contribution in [3.05, 3.63) is 12.2 Å². The predicted octanol–water partition coefficient (Wildman–Crippen LogP) is 0.763. The second-order valence-corrected chi connectivity index (χ2v) is 8.50. The number of aliphatic hydroxyl groups excluding tert-OH is 7. The molecule has 0 heterocycles. The maximum Gasteiger partial charge on any atom is 0.330 e. The number of carbonyl (C=O) groups is 2. The van der Waals surface area contributed by atoms with E-state index < -0.39 is 56.0 Å². The Morgan fingerprint density at radius 1 is 0.771 bits per heavy atom. The van der Waals surface area contributed by atoms with Crippen LogP contribution < -0.4 is 0 Å². The van der Waals surface area contributed by atoms with Gasteiger partial charge >= 0.3 is 5.97 Å². The number of allylic oxidation sites excluding steroid dienone is 1. The zero-order valence-electron chi connectivity index (χ0n) is 21.1. The monoisotopic (exact) mass is 508 g/mol. The molecule has 0 aliphatic heterocycles. The predicted molar refractivity (Wildman–Crippen MR) is 131 cm³/mol. The highest BCUT2D eigenvalue weighted by Crippen LogP contribution is 2.12. The molecule has 0 aliphatic rings. The quantitative estimate of drug-likeness (QED) is 0.0663. The number of carbonyl (C=O) groups excluding carboxylic acids is 2. The Bertz CT molecular complexity index is 526. The van der Waals surface area contributed by atoms with Crippen molar-refractivity contribution in [2.24, 2.45) is 0 Å². The average Bonchev–Trinajstić information content (AvgIpc) is 2.88. The molecule has 0 aromatic carbocycles. The fraction of sp³-hybridized carbons (Fsp3) is 0.840. The molecule has 0 fully saturated rings. The zero-order valence-corrected chi connectivity index (χ0v) is 21.1. The lowest BCUT2D eigenvalue weighted by atomic mass is 10.1. The van der Waals surface area contributed by atoms with Crippen LogP contribution in [0.1, 0.15) is 84.0 Å². The largest absolute Gasteiger partial charge is 0.460 e. The Balaban J connectivity index is 0. The van der Waals surface area contributed by atoms with Gasteiger partial charge in [0.2, 0.25) is 0 Å². The van der Waals surface area contributed by atoms with E-state index in [1.807, 2.05) is 6.08 Å². The molecule has 0 amide bonds. The Labute approximate surface area is 209 Å². The smallest absolute Gasteiger partial charge is 0.330 e. The number of hydrogen-bond donors (Lipinski definition) is 7. The summed E-state index contributed by atoms with van der Waals surface area (Å²) in [5, 5.41) is 60.7. The van der Waals surface area contributed by atoms with Gasteiger partial charge in [-0.3, -0.25) is 4.79 Å². The maximum absolute atomic E-state index is 11.3. The van der Waals surface area contributed by atoms with E-state index in [1.165, 1.54) is 70.3 Å². The number of Topliss-reactive ketones (excluding diaryl/α,β-unsaturated/α-hetero) is 1. The van der Waals surface area contributed by atoms with Gasteiger partial charge in [-0.15, -0.1) is 0 Å². The number of esters is 1. The van der Waals surface area contributed by atoms with Crippen molar-refractivity contribution in [3.63, 3.8) is 0 Å². The lowest BCUT2D eigenvalue weighted by Gasteiger charge is -2.19. The third kappa shape index (κ3) is 22.8. The van der Waals surface area contributed by atoms with Crippen LogP contribution >= 0.6 is 0 Å². The van der Waals surface area contributed by atoms with Gasteiger partial charge in [0.15, 0.2) is 5.78 Å². The standard InChI is InChI=1S/C19H36O4.C6H12O6/c1-2-3-4-5-6-7-8-9-10-11-12-13-14-15-19(22)23-17-18(21)16-20;7-1-3(9)5(11)6(12)4(10)2-8/h14-15,18,20-21H,2-13,16-17H2,1H3;3,5-9,11-12H,1-2H2/b15-14+;/t;3-,5-,6-/m.1/s1. The molecule has 0 spiro atoms. The molecule has 0 bridgehead atoms. The summed E-state index contributed by atoms with van der Waals surface area (Å²) < 4.78 is 4.77. The summed E-state index contributed by atoms with van der Waals surface area (Å²) in [5.74, 6) is -1.46. The topological polar surface area (TPSA) is 185 Å². The fourth-order valence-corrected chi connectivity index (χ4v) is 2.99. The van der Waals surface area contributed by atoms with Gasteiger partial charge in [-0.05, 0) is 12.8 Å². The number of hydrogen-bond acceptors (Lipinski definition) is 10. The van der Waals surface area contributed by atoms with Gasteiger partial charge in [0, 0.05) is 6.08 Å². The van der Waals surface area contributed by atoms with Crippen molar-refractivity contribution in [2.45, 2.75) is 108 Å². The van der Waals surface area contributed by atoms with E-state index >= 15 is 0 Å². The molecule has 10 nitrogen and oxygen atoms in total. The van der Waals surface area contributed by atoms with E-state index in [9.17, 15) is 9.59 Å². The number of aliphatic hydroxyl groups is 7. The second-order valence-electron chi connectivity index (χ2n) is 8.50. The van der Waals surface area contributed by atoms with Crippen molar-refractivity contribution in [2.75, 3.05) is 26.4 Å². The van der Waals surface area contributed by atoms with Gasteiger partial charge in [0.05, 0.1) is 13.2 Å². The lowest BCUT2D eigenvalue weighted by Crippen LogP contribution is -2.44. The average molecular weight is 509 g/mol. The fourth-order valence-electron chi connectivity index (χ4n) is 2.99. The minimum Gasteiger partial charge on any atom is -0.460 e. The van der Waals surface area contributed by atoms with E-state index in [1.54, 1.807) is 0 Å². The number of rotatable bonds is 21. The lowest BCUT2D eigenvalue weighted by molar-refractivity contribution is -0.143. The molecule has 0 aliphatic carbocycles. The summed E-state index contributed by atoms with van der Waals surface area (Å²) in [7, 11) is 0. The van der Waals surface area contributed by atoms with Crippen LogP contribution in [0.4, 0.5) is 0 Å². The van der Waals surface area contributed by atoms with Crippen LogP contribution in [0, 0.1) is 0 Å². The van der Waals surface area contributed by atoms with Gasteiger partial charge in [0.1, 0.15) is 37.6 Å². The van der Waals surface area contributed by atoms with E-state index in [0.29, 0.717) is 0 Å². The van der Waals surface area contributed by atoms with Crippen LogP contribution in [0.15, 0.2) is 12.2 Å². The van der Waals surface area contributed by atoms with Gasteiger partial charge < -0.3 is 40.5 Å². The Kier molecular flexibility index (Phi) is 26.2. The molecule has 0 rings (SSSR count). The number of ketones is 1. The third-order valence-electron chi connectivity index (χ3n) is 5.25. The molecular weight excluding hydrogens is 460 g/mol. The number of ether oxygens (including phenoxy) is 1. The molecule has 0 radical (unpaired) electrons. The van der Waals surface area contributed by atoms with Gasteiger partial charge in [-0.1, -0.05) is 77.2 Å². The van der Waals surface area contributed by atoms with Crippen molar-refractivity contribution >= 4 is 11.8 Å². The highest BCUT2D eigenvalue weighted by molar-refractivity contribution is 5.84. The summed E-state index contributed by atoms with van der Waals surface area (Å²) in [4.78, 5) is 21.8. The van der Waals surface area contributed by atoms with Gasteiger partial charge in [-0.25, -0.2) is 4.79 Å². The molecule has 10 heteroatoms.